The molecule has 0 bridgehead atoms. The van der Waals surface area contributed by atoms with Crippen molar-refractivity contribution < 1.29 is 18.4 Å². The lowest BCUT2D eigenvalue weighted by Crippen LogP contribution is -2.40. The number of pyridine rings is 1. The zero-order chi connectivity index (χ0) is 18.4. The van der Waals surface area contributed by atoms with Crippen molar-refractivity contribution in [2.45, 2.75) is 19.9 Å². The van der Waals surface area contributed by atoms with Gasteiger partial charge in [-0.25, -0.2) is 8.78 Å². The summed E-state index contributed by atoms with van der Waals surface area (Å²) < 4.78 is 26.0. The van der Waals surface area contributed by atoms with E-state index in [0.717, 1.165) is 23.9 Å². The van der Waals surface area contributed by atoms with Crippen LogP contribution in [0.25, 0.3) is 0 Å². The van der Waals surface area contributed by atoms with Crippen LogP contribution in [-0.2, 0) is 4.79 Å². The molecule has 0 aliphatic carbocycles. The van der Waals surface area contributed by atoms with Crippen molar-refractivity contribution in [2.24, 2.45) is 5.92 Å². The van der Waals surface area contributed by atoms with E-state index < -0.39 is 23.4 Å². The highest BCUT2D eigenvalue weighted by molar-refractivity contribution is 5.96. The molecule has 1 aromatic heterocycles. The Bertz CT molecular complexity index is 751. The summed E-state index contributed by atoms with van der Waals surface area (Å²) in [6.07, 6.45) is 1.64. The van der Waals surface area contributed by atoms with E-state index in [4.69, 9.17) is 0 Å². The molecule has 0 unspecified atom stereocenters. The molecule has 1 aromatic carbocycles. The van der Waals surface area contributed by atoms with Gasteiger partial charge in [-0.2, -0.15) is 0 Å². The molecule has 0 radical (unpaired) electrons. The monoisotopic (exact) mass is 347 g/mol. The number of nitrogens with zero attached hydrogens (tertiary/aromatic N) is 1. The van der Waals surface area contributed by atoms with E-state index >= 15 is 0 Å². The molecule has 7 heteroatoms. The molecule has 0 fully saturated rings. The van der Waals surface area contributed by atoms with Crippen molar-refractivity contribution in [3.05, 3.63) is 65.5 Å². The van der Waals surface area contributed by atoms with E-state index in [1.54, 1.807) is 12.3 Å². The standard InChI is InChI=1S/C18H19F2N3O2/c1-11(2)17(15-5-3-4-8-21-15)23-16(24)10-22-18(25)12-6-7-13(19)14(20)9-12/h3-9,11,17H,10H2,1-2H3,(H,22,25)(H,23,24)/t17-/m0/s1. The molecule has 1 atom stereocenters. The molecule has 2 amide bonds. The van der Waals surface area contributed by atoms with Crippen LogP contribution in [0.4, 0.5) is 8.78 Å². The van der Waals surface area contributed by atoms with E-state index in [9.17, 15) is 18.4 Å². The van der Waals surface area contributed by atoms with Crippen molar-refractivity contribution in [2.75, 3.05) is 6.54 Å². The zero-order valence-electron chi connectivity index (χ0n) is 13.9. The van der Waals surface area contributed by atoms with Gasteiger partial charge in [0.25, 0.3) is 5.91 Å². The Morgan fingerprint density at radius 2 is 1.88 bits per heavy atom. The summed E-state index contributed by atoms with van der Waals surface area (Å²) in [5.41, 5.74) is 0.662. The van der Waals surface area contributed by atoms with Gasteiger partial charge in [-0.15, -0.1) is 0 Å². The number of carbonyl (C=O) groups is 2. The molecule has 0 aliphatic rings. The third-order valence-electron chi connectivity index (χ3n) is 3.58. The number of aromatic nitrogens is 1. The van der Waals surface area contributed by atoms with Crippen LogP contribution in [0.2, 0.25) is 0 Å². The maximum Gasteiger partial charge on any atom is 0.251 e. The molecule has 25 heavy (non-hydrogen) atoms. The fourth-order valence-electron chi connectivity index (χ4n) is 2.27. The van der Waals surface area contributed by atoms with Gasteiger partial charge in [0.1, 0.15) is 0 Å². The fraction of sp³-hybridized carbons (Fsp3) is 0.278. The minimum Gasteiger partial charge on any atom is -0.346 e. The molecular formula is C18H19F2N3O2. The Morgan fingerprint density at radius 1 is 1.12 bits per heavy atom. The first kappa shape index (κ1) is 18.5. The molecule has 0 saturated carbocycles. The normalized spacial score (nSPS) is 11.9. The predicted molar refractivity (Wildman–Crippen MR) is 88.6 cm³/mol. The van der Waals surface area contributed by atoms with Crippen molar-refractivity contribution in [1.82, 2.24) is 15.6 Å². The number of hydrogen-bond donors (Lipinski definition) is 2. The zero-order valence-corrected chi connectivity index (χ0v) is 13.9. The van der Waals surface area contributed by atoms with E-state index in [0.29, 0.717) is 0 Å². The van der Waals surface area contributed by atoms with Crippen LogP contribution in [0.5, 0.6) is 0 Å². The summed E-state index contributed by atoms with van der Waals surface area (Å²) in [5, 5.41) is 5.19. The Kier molecular flexibility index (Phi) is 6.16. The van der Waals surface area contributed by atoms with Gasteiger partial charge in [-0.1, -0.05) is 19.9 Å². The summed E-state index contributed by atoms with van der Waals surface area (Å²) in [5.74, 6) is -3.12. The van der Waals surface area contributed by atoms with Gasteiger partial charge in [0.2, 0.25) is 5.91 Å². The van der Waals surface area contributed by atoms with Crippen LogP contribution in [-0.4, -0.2) is 23.3 Å². The third-order valence-corrected chi connectivity index (χ3v) is 3.58. The first-order chi connectivity index (χ1) is 11.9. The number of benzene rings is 1. The molecule has 2 rings (SSSR count). The van der Waals surface area contributed by atoms with Crippen LogP contribution in [0.3, 0.4) is 0 Å². The Labute approximate surface area is 144 Å². The van der Waals surface area contributed by atoms with Crippen molar-refractivity contribution in [3.63, 3.8) is 0 Å². The van der Waals surface area contributed by atoms with E-state index in [1.165, 1.54) is 0 Å². The molecule has 2 N–H and O–H groups in total. The first-order valence-corrected chi connectivity index (χ1v) is 7.82. The van der Waals surface area contributed by atoms with E-state index in [1.807, 2.05) is 26.0 Å². The molecule has 0 aliphatic heterocycles. The van der Waals surface area contributed by atoms with Crippen molar-refractivity contribution in [3.8, 4) is 0 Å². The maximum atomic E-state index is 13.1. The van der Waals surface area contributed by atoms with Crippen LogP contribution in [0.15, 0.2) is 42.6 Å². The van der Waals surface area contributed by atoms with Crippen LogP contribution >= 0.6 is 0 Å². The second-order valence-corrected chi connectivity index (χ2v) is 5.86. The minimum atomic E-state index is -1.12. The molecule has 5 nitrogen and oxygen atoms in total. The van der Waals surface area contributed by atoms with Crippen molar-refractivity contribution >= 4 is 11.8 Å². The second kappa shape index (κ2) is 8.32. The number of carbonyl (C=O) groups excluding carboxylic acids is 2. The average molecular weight is 347 g/mol. The van der Waals surface area contributed by atoms with Crippen LogP contribution in [0.1, 0.15) is 35.9 Å². The van der Waals surface area contributed by atoms with Gasteiger partial charge in [0.15, 0.2) is 11.6 Å². The van der Waals surface area contributed by atoms with Gasteiger partial charge >= 0.3 is 0 Å². The van der Waals surface area contributed by atoms with Gasteiger partial charge in [0, 0.05) is 11.8 Å². The Balaban J connectivity index is 1.94. The second-order valence-electron chi connectivity index (χ2n) is 5.86. The number of halogens is 2. The highest BCUT2D eigenvalue weighted by atomic mass is 19.2. The Morgan fingerprint density at radius 3 is 2.48 bits per heavy atom. The van der Waals surface area contributed by atoms with Gasteiger partial charge in [-0.3, -0.25) is 14.6 Å². The minimum absolute atomic E-state index is 0.0585. The fourth-order valence-corrected chi connectivity index (χ4v) is 2.27. The molecule has 1 heterocycles. The van der Waals surface area contributed by atoms with Crippen LogP contribution in [0, 0.1) is 17.6 Å². The first-order valence-electron chi connectivity index (χ1n) is 7.82. The highest BCUT2D eigenvalue weighted by Gasteiger charge is 2.19. The number of nitrogens with one attached hydrogen (secondary N) is 2. The smallest absolute Gasteiger partial charge is 0.251 e. The summed E-state index contributed by atoms with van der Waals surface area (Å²) >= 11 is 0. The lowest BCUT2D eigenvalue weighted by atomic mass is 10.0. The summed E-state index contributed by atoms with van der Waals surface area (Å²) in [6.45, 7) is 3.60. The Hall–Kier alpha value is -2.83. The number of rotatable bonds is 6. The van der Waals surface area contributed by atoms with E-state index in [2.05, 4.69) is 15.6 Å². The van der Waals surface area contributed by atoms with Gasteiger partial charge in [-0.05, 0) is 36.2 Å². The SMILES string of the molecule is CC(C)[C@H](NC(=O)CNC(=O)c1ccc(F)c(F)c1)c1ccccn1. The maximum absolute atomic E-state index is 13.1. The molecular weight excluding hydrogens is 328 g/mol. The van der Waals surface area contributed by atoms with Crippen molar-refractivity contribution in [1.29, 1.82) is 0 Å². The highest BCUT2D eigenvalue weighted by Crippen LogP contribution is 2.19. The number of hydrogen-bond acceptors (Lipinski definition) is 3. The molecule has 132 valence electrons. The quantitative estimate of drug-likeness (QED) is 0.844. The summed E-state index contributed by atoms with van der Waals surface area (Å²) in [6, 6.07) is 7.92. The summed E-state index contributed by atoms with van der Waals surface area (Å²) in [4.78, 5) is 28.2. The third kappa shape index (κ3) is 5.07. The lowest BCUT2D eigenvalue weighted by molar-refractivity contribution is -0.121. The average Bonchev–Trinajstić information content (AvgIpc) is 2.60. The largest absolute Gasteiger partial charge is 0.346 e. The van der Waals surface area contributed by atoms with Crippen LogP contribution < -0.4 is 10.6 Å². The lowest BCUT2D eigenvalue weighted by Gasteiger charge is -2.22. The molecule has 0 spiro atoms. The topological polar surface area (TPSA) is 71.1 Å². The van der Waals surface area contributed by atoms with Gasteiger partial charge in [0.05, 0.1) is 18.3 Å². The van der Waals surface area contributed by atoms with Gasteiger partial charge < -0.3 is 10.6 Å². The predicted octanol–water partition coefficient (Wildman–Crippen LogP) is 2.60. The number of amides is 2. The molecule has 2 aromatic rings. The van der Waals surface area contributed by atoms with E-state index in [-0.39, 0.29) is 24.1 Å². The summed E-state index contributed by atoms with van der Waals surface area (Å²) in [7, 11) is 0. The molecule has 0 saturated heterocycles.